The van der Waals surface area contributed by atoms with E-state index in [0.29, 0.717) is 32.0 Å². The van der Waals surface area contributed by atoms with Crippen molar-refractivity contribution in [3.05, 3.63) is 23.9 Å². The van der Waals surface area contributed by atoms with Gasteiger partial charge in [0.15, 0.2) is 0 Å². The molecule has 3 amide bonds. The molecule has 3 rings (SSSR count). The number of carbonyl (C=O) groups is 2. The highest BCUT2D eigenvalue weighted by Gasteiger charge is 2.31. The number of carbonyl (C=O) groups excluding carboxylic acids is 2. The minimum Gasteiger partial charge on any atom is -0.354 e. The Labute approximate surface area is 161 Å². The van der Waals surface area contributed by atoms with Gasteiger partial charge < -0.3 is 10.2 Å². The van der Waals surface area contributed by atoms with Crippen LogP contribution in [-0.2, 0) is 11.0 Å². The van der Waals surface area contributed by atoms with E-state index < -0.39 is 17.8 Å². The van der Waals surface area contributed by atoms with Gasteiger partial charge in [0.2, 0.25) is 5.91 Å². The van der Waals surface area contributed by atoms with Crippen LogP contribution >= 0.6 is 0 Å². The monoisotopic (exact) mass is 399 g/mol. The number of imide groups is 1. The van der Waals surface area contributed by atoms with Crippen LogP contribution in [0.2, 0.25) is 0 Å². The Morgan fingerprint density at radius 2 is 1.79 bits per heavy atom. The number of pyridine rings is 1. The molecule has 1 aromatic heterocycles. The molecule has 2 N–H and O–H groups in total. The van der Waals surface area contributed by atoms with E-state index in [1.54, 1.807) is 0 Å². The summed E-state index contributed by atoms with van der Waals surface area (Å²) >= 11 is 0. The zero-order valence-electron chi connectivity index (χ0n) is 15.5. The maximum absolute atomic E-state index is 12.6. The topological polar surface area (TPSA) is 77.6 Å². The van der Waals surface area contributed by atoms with E-state index in [4.69, 9.17) is 0 Å². The molecule has 7 nitrogen and oxygen atoms in total. The number of piperazine rings is 1. The van der Waals surface area contributed by atoms with Gasteiger partial charge in [-0.05, 0) is 25.0 Å². The second kappa shape index (κ2) is 8.76. The third-order valence-electron chi connectivity index (χ3n) is 5.08. The first kappa shape index (κ1) is 20.4. The molecule has 2 aliphatic rings. The van der Waals surface area contributed by atoms with Gasteiger partial charge in [0.05, 0.1) is 12.1 Å². The smallest absolute Gasteiger partial charge is 0.354 e. The molecule has 28 heavy (non-hydrogen) atoms. The number of hydrogen-bond donors (Lipinski definition) is 2. The van der Waals surface area contributed by atoms with Crippen LogP contribution in [0.5, 0.6) is 0 Å². The van der Waals surface area contributed by atoms with Crippen molar-refractivity contribution in [1.29, 1.82) is 0 Å². The molecule has 0 bridgehead atoms. The molecule has 0 atom stereocenters. The SMILES string of the molecule is O=C(CN1CCN(c2ccc(C(F)(F)F)cn2)CC1)NC(=O)NC1CCCC1. The third kappa shape index (κ3) is 5.57. The molecule has 0 radical (unpaired) electrons. The number of alkyl halides is 3. The van der Waals surface area contributed by atoms with E-state index in [9.17, 15) is 22.8 Å². The summed E-state index contributed by atoms with van der Waals surface area (Å²) in [5.41, 5.74) is -0.776. The third-order valence-corrected chi connectivity index (χ3v) is 5.08. The quantitative estimate of drug-likeness (QED) is 0.810. The van der Waals surface area contributed by atoms with Crippen molar-refractivity contribution in [2.45, 2.75) is 37.9 Å². The highest BCUT2D eigenvalue weighted by molar-refractivity contribution is 5.95. The second-order valence-electron chi connectivity index (χ2n) is 7.17. The zero-order valence-corrected chi connectivity index (χ0v) is 15.5. The van der Waals surface area contributed by atoms with Crippen LogP contribution < -0.4 is 15.5 Å². The van der Waals surface area contributed by atoms with E-state index in [1.165, 1.54) is 6.07 Å². The average molecular weight is 399 g/mol. The maximum Gasteiger partial charge on any atom is 0.417 e. The number of hydrogen-bond acceptors (Lipinski definition) is 5. The summed E-state index contributed by atoms with van der Waals surface area (Å²) in [4.78, 5) is 31.5. The maximum atomic E-state index is 12.6. The number of halogens is 3. The Morgan fingerprint density at radius 3 is 2.36 bits per heavy atom. The van der Waals surface area contributed by atoms with Gasteiger partial charge in [-0.1, -0.05) is 12.8 Å². The van der Waals surface area contributed by atoms with Crippen molar-refractivity contribution in [3.63, 3.8) is 0 Å². The Balaban J connectivity index is 1.41. The predicted molar refractivity (Wildman–Crippen MR) is 96.8 cm³/mol. The van der Waals surface area contributed by atoms with Gasteiger partial charge in [-0.3, -0.25) is 15.0 Å². The van der Waals surface area contributed by atoms with Gasteiger partial charge in [-0.15, -0.1) is 0 Å². The molecule has 1 aliphatic heterocycles. The highest BCUT2D eigenvalue weighted by Crippen LogP contribution is 2.29. The van der Waals surface area contributed by atoms with E-state index >= 15 is 0 Å². The van der Waals surface area contributed by atoms with E-state index in [0.717, 1.165) is 37.9 Å². The average Bonchev–Trinajstić information content (AvgIpc) is 3.14. The Bertz CT molecular complexity index is 681. The molecule has 10 heteroatoms. The van der Waals surface area contributed by atoms with Gasteiger partial charge in [0.1, 0.15) is 5.82 Å². The molecule has 0 unspecified atom stereocenters. The van der Waals surface area contributed by atoms with Crippen molar-refractivity contribution in [3.8, 4) is 0 Å². The van der Waals surface area contributed by atoms with Gasteiger partial charge in [0.25, 0.3) is 0 Å². The number of aromatic nitrogens is 1. The number of nitrogens with one attached hydrogen (secondary N) is 2. The van der Waals surface area contributed by atoms with Gasteiger partial charge in [-0.2, -0.15) is 13.2 Å². The molecule has 0 aromatic carbocycles. The number of rotatable bonds is 4. The number of urea groups is 1. The molecule has 0 spiro atoms. The summed E-state index contributed by atoms with van der Waals surface area (Å²) < 4.78 is 37.8. The first-order chi connectivity index (χ1) is 13.3. The molecule has 1 aliphatic carbocycles. The summed E-state index contributed by atoms with van der Waals surface area (Å²) in [5, 5.41) is 5.16. The zero-order chi connectivity index (χ0) is 20.1. The Hall–Kier alpha value is -2.36. The lowest BCUT2D eigenvalue weighted by molar-refractivity contribution is -0.137. The number of amides is 3. The molecular formula is C18H24F3N5O2. The van der Waals surface area contributed by atoms with Crippen LogP contribution in [0.4, 0.5) is 23.8 Å². The molecule has 1 saturated carbocycles. The fourth-order valence-electron chi connectivity index (χ4n) is 3.54. The summed E-state index contributed by atoms with van der Waals surface area (Å²) in [7, 11) is 0. The van der Waals surface area contributed by atoms with Crippen LogP contribution in [0, 0.1) is 0 Å². The van der Waals surface area contributed by atoms with Gasteiger partial charge in [-0.25, -0.2) is 9.78 Å². The predicted octanol–water partition coefficient (Wildman–Crippen LogP) is 1.99. The molecular weight excluding hydrogens is 375 g/mol. The lowest BCUT2D eigenvalue weighted by Gasteiger charge is -2.35. The number of nitrogens with zero attached hydrogens (tertiary/aromatic N) is 3. The van der Waals surface area contributed by atoms with Crippen LogP contribution in [-0.4, -0.2) is 60.6 Å². The molecule has 1 saturated heterocycles. The molecule has 2 heterocycles. The minimum atomic E-state index is -4.40. The molecule has 2 fully saturated rings. The van der Waals surface area contributed by atoms with Crippen molar-refractivity contribution in [2.75, 3.05) is 37.6 Å². The Kier molecular flexibility index (Phi) is 6.38. The van der Waals surface area contributed by atoms with Crippen molar-refractivity contribution < 1.29 is 22.8 Å². The van der Waals surface area contributed by atoms with Crippen molar-refractivity contribution >= 4 is 17.8 Å². The first-order valence-electron chi connectivity index (χ1n) is 9.42. The largest absolute Gasteiger partial charge is 0.417 e. The number of anilines is 1. The van der Waals surface area contributed by atoms with Crippen LogP contribution in [0.15, 0.2) is 18.3 Å². The second-order valence-corrected chi connectivity index (χ2v) is 7.17. The summed E-state index contributed by atoms with van der Waals surface area (Å²) in [5.74, 6) is 0.115. The normalized spacial score (nSPS) is 18.9. The van der Waals surface area contributed by atoms with E-state index in [-0.39, 0.29) is 18.5 Å². The highest BCUT2D eigenvalue weighted by atomic mass is 19.4. The van der Waals surface area contributed by atoms with Crippen LogP contribution in [0.25, 0.3) is 0 Å². The molecule has 154 valence electrons. The van der Waals surface area contributed by atoms with Gasteiger partial charge >= 0.3 is 12.2 Å². The fourth-order valence-corrected chi connectivity index (χ4v) is 3.54. The first-order valence-corrected chi connectivity index (χ1v) is 9.42. The lowest BCUT2D eigenvalue weighted by atomic mass is 10.2. The lowest BCUT2D eigenvalue weighted by Crippen LogP contribution is -2.52. The minimum absolute atomic E-state index is 0.104. The fraction of sp³-hybridized carbons (Fsp3) is 0.611. The summed E-state index contributed by atoms with van der Waals surface area (Å²) in [6.45, 7) is 2.30. The molecule has 1 aromatic rings. The van der Waals surface area contributed by atoms with Crippen molar-refractivity contribution in [2.24, 2.45) is 0 Å². The van der Waals surface area contributed by atoms with Crippen molar-refractivity contribution in [1.82, 2.24) is 20.5 Å². The standard InChI is InChI=1S/C18H24F3N5O2/c19-18(20,21)13-5-6-15(22-11-13)26-9-7-25(8-10-26)12-16(27)24-17(28)23-14-3-1-2-4-14/h5-6,11,14H,1-4,7-10,12H2,(H2,23,24,27,28). The van der Waals surface area contributed by atoms with E-state index in [1.807, 2.05) is 9.80 Å². The summed E-state index contributed by atoms with van der Waals surface area (Å²) in [6, 6.07) is 2.07. The van der Waals surface area contributed by atoms with Crippen LogP contribution in [0.1, 0.15) is 31.2 Å². The van der Waals surface area contributed by atoms with Crippen LogP contribution in [0.3, 0.4) is 0 Å². The van der Waals surface area contributed by atoms with Gasteiger partial charge in [0, 0.05) is 38.4 Å². The summed E-state index contributed by atoms with van der Waals surface area (Å²) in [6.07, 6.45) is 0.511. The van der Waals surface area contributed by atoms with E-state index in [2.05, 4.69) is 15.6 Å². The Morgan fingerprint density at radius 1 is 1.11 bits per heavy atom.